The minimum absolute atomic E-state index is 0.0977. The van der Waals surface area contributed by atoms with Crippen molar-refractivity contribution in [3.8, 4) is 5.75 Å². The fraction of sp³-hybridized carbons (Fsp3) is 0.368. The molecule has 3 nitrogen and oxygen atoms in total. The van der Waals surface area contributed by atoms with Crippen molar-refractivity contribution in [1.82, 2.24) is 0 Å². The number of nitrogens with one attached hydrogen (secondary N) is 1. The van der Waals surface area contributed by atoms with E-state index in [1.807, 2.05) is 30.3 Å². The fourth-order valence-electron chi connectivity index (χ4n) is 3.42. The SMILES string of the molecule is Fc1cccc2c1CCC2Nc1ccccc1OC1CCOC1. The van der Waals surface area contributed by atoms with E-state index in [2.05, 4.69) is 5.32 Å². The van der Waals surface area contributed by atoms with E-state index in [0.717, 1.165) is 48.4 Å². The van der Waals surface area contributed by atoms with Gasteiger partial charge in [0, 0.05) is 6.42 Å². The summed E-state index contributed by atoms with van der Waals surface area (Å²) in [7, 11) is 0. The van der Waals surface area contributed by atoms with Crippen molar-refractivity contribution < 1.29 is 13.9 Å². The van der Waals surface area contributed by atoms with Crippen molar-refractivity contribution in [1.29, 1.82) is 0 Å². The number of hydrogen-bond donors (Lipinski definition) is 1. The van der Waals surface area contributed by atoms with E-state index in [-0.39, 0.29) is 18.0 Å². The summed E-state index contributed by atoms with van der Waals surface area (Å²) in [5, 5.41) is 3.53. The second-order valence-electron chi connectivity index (χ2n) is 6.14. The second kappa shape index (κ2) is 6.20. The van der Waals surface area contributed by atoms with Crippen LogP contribution in [0.15, 0.2) is 42.5 Å². The Kier molecular flexibility index (Phi) is 3.92. The van der Waals surface area contributed by atoms with Crippen molar-refractivity contribution in [3.63, 3.8) is 0 Å². The fourth-order valence-corrected chi connectivity index (χ4v) is 3.42. The number of rotatable bonds is 4. The maximum atomic E-state index is 13.9. The highest BCUT2D eigenvalue weighted by Crippen LogP contribution is 2.37. The molecule has 0 amide bonds. The summed E-state index contributed by atoms with van der Waals surface area (Å²) in [4.78, 5) is 0. The van der Waals surface area contributed by atoms with E-state index in [9.17, 15) is 4.39 Å². The molecule has 120 valence electrons. The minimum atomic E-state index is -0.0977. The lowest BCUT2D eigenvalue weighted by Crippen LogP contribution is -2.17. The zero-order valence-electron chi connectivity index (χ0n) is 12.9. The lowest BCUT2D eigenvalue weighted by molar-refractivity contribution is 0.142. The molecule has 0 saturated carbocycles. The van der Waals surface area contributed by atoms with E-state index in [1.165, 1.54) is 0 Å². The summed E-state index contributed by atoms with van der Waals surface area (Å²) in [6.45, 7) is 1.40. The first-order valence-corrected chi connectivity index (χ1v) is 8.18. The smallest absolute Gasteiger partial charge is 0.142 e. The zero-order chi connectivity index (χ0) is 15.6. The predicted octanol–water partition coefficient (Wildman–Crippen LogP) is 4.09. The Balaban J connectivity index is 1.55. The molecule has 1 aliphatic heterocycles. The molecule has 2 aromatic carbocycles. The predicted molar refractivity (Wildman–Crippen MR) is 87.4 cm³/mol. The van der Waals surface area contributed by atoms with E-state index in [4.69, 9.17) is 9.47 Å². The molecule has 0 spiro atoms. The maximum Gasteiger partial charge on any atom is 0.142 e. The molecule has 2 unspecified atom stereocenters. The van der Waals surface area contributed by atoms with Gasteiger partial charge in [-0.15, -0.1) is 0 Å². The van der Waals surface area contributed by atoms with Gasteiger partial charge >= 0.3 is 0 Å². The first-order valence-electron chi connectivity index (χ1n) is 8.18. The molecule has 0 radical (unpaired) electrons. The van der Waals surface area contributed by atoms with Crippen LogP contribution in [0.2, 0.25) is 0 Å². The van der Waals surface area contributed by atoms with Gasteiger partial charge in [-0.1, -0.05) is 24.3 Å². The monoisotopic (exact) mass is 313 g/mol. The third kappa shape index (κ3) is 2.91. The van der Waals surface area contributed by atoms with Crippen molar-refractivity contribution in [3.05, 3.63) is 59.4 Å². The average molecular weight is 313 g/mol. The number of ether oxygens (including phenoxy) is 2. The Morgan fingerprint density at radius 1 is 1.09 bits per heavy atom. The Bertz CT molecular complexity index is 698. The first kappa shape index (κ1) is 14.5. The molecule has 2 aliphatic rings. The van der Waals surface area contributed by atoms with Crippen LogP contribution >= 0.6 is 0 Å². The Hall–Kier alpha value is -2.07. The highest BCUT2D eigenvalue weighted by molar-refractivity contribution is 5.58. The molecule has 1 N–H and O–H groups in total. The van der Waals surface area contributed by atoms with E-state index < -0.39 is 0 Å². The average Bonchev–Trinajstić information content (AvgIpc) is 3.20. The van der Waals surface area contributed by atoms with Crippen molar-refractivity contribution in [2.24, 2.45) is 0 Å². The van der Waals surface area contributed by atoms with E-state index in [1.54, 1.807) is 12.1 Å². The standard InChI is InChI=1S/C19H20FNO2/c20-16-5-3-4-15-14(16)8-9-17(15)21-18-6-1-2-7-19(18)23-13-10-11-22-12-13/h1-7,13,17,21H,8-12H2. The van der Waals surface area contributed by atoms with Gasteiger partial charge in [0.1, 0.15) is 17.7 Å². The molecule has 1 saturated heterocycles. The van der Waals surface area contributed by atoms with Crippen LogP contribution < -0.4 is 10.1 Å². The summed E-state index contributed by atoms with van der Waals surface area (Å²) >= 11 is 0. The molecule has 2 atom stereocenters. The summed E-state index contributed by atoms with van der Waals surface area (Å²) in [5.74, 6) is 0.743. The number of fused-ring (bicyclic) bond motifs is 1. The zero-order valence-corrected chi connectivity index (χ0v) is 12.9. The van der Waals surface area contributed by atoms with Crippen LogP contribution in [-0.2, 0) is 11.2 Å². The summed E-state index contributed by atoms with van der Waals surface area (Å²) in [5.41, 5.74) is 2.86. The molecular weight excluding hydrogens is 293 g/mol. The summed E-state index contributed by atoms with van der Waals surface area (Å²) in [6, 6.07) is 13.4. The van der Waals surface area contributed by atoms with Crippen molar-refractivity contribution >= 4 is 5.69 Å². The molecular formula is C19H20FNO2. The van der Waals surface area contributed by atoms with Gasteiger partial charge < -0.3 is 14.8 Å². The Morgan fingerprint density at radius 3 is 2.87 bits per heavy atom. The van der Waals surface area contributed by atoms with Gasteiger partial charge in [-0.3, -0.25) is 0 Å². The highest BCUT2D eigenvalue weighted by atomic mass is 19.1. The van der Waals surface area contributed by atoms with Crippen molar-refractivity contribution in [2.75, 3.05) is 18.5 Å². The van der Waals surface area contributed by atoms with Crippen molar-refractivity contribution in [2.45, 2.75) is 31.4 Å². The van der Waals surface area contributed by atoms with Gasteiger partial charge in [0.25, 0.3) is 0 Å². The minimum Gasteiger partial charge on any atom is -0.486 e. The van der Waals surface area contributed by atoms with Crippen LogP contribution in [0.1, 0.15) is 30.0 Å². The van der Waals surface area contributed by atoms with Gasteiger partial charge in [0.2, 0.25) is 0 Å². The van der Waals surface area contributed by atoms with Crippen LogP contribution in [0.5, 0.6) is 5.75 Å². The normalized spacial score (nSPS) is 22.8. The summed E-state index contributed by atoms with van der Waals surface area (Å²) < 4.78 is 25.3. The number of para-hydroxylation sites is 2. The maximum absolute atomic E-state index is 13.9. The third-order valence-corrected chi connectivity index (χ3v) is 4.61. The van der Waals surface area contributed by atoms with Gasteiger partial charge in [-0.05, 0) is 42.2 Å². The third-order valence-electron chi connectivity index (χ3n) is 4.61. The molecule has 0 aromatic heterocycles. The van der Waals surface area contributed by atoms with Crippen LogP contribution in [0.4, 0.5) is 10.1 Å². The van der Waals surface area contributed by atoms with E-state index >= 15 is 0 Å². The van der Waals surface area contributed by atoms with Gasteiger partial charge in [0.15, 0.2) is 0 Å². The lowest BCUT2D eigenvalue weighted by Gasteiger charge is -2.20. The molecule has 4 rings (SSSR count). The quantitative estimate of drug-likeness (QED) is 0.922. The Morgan fingerprint density at radius 2 is 2.00 bits per heavy atom. The highest BCUT2D eigenvalue weighted by Gasteiger charge is 2.26. The Labute approximate surface area is 135 Å². The van der Waals surface area contributed by atoms with Gasteiger partial charge in [-0.25, -0.2) is 4.39 Å². The molecule has 23 heavy (non-hydrogen) atoms. The molecule has 1 heterocycles. The molecule has 1 fully saturated rings. The molecule has 0 bridgehead atoms. The molecule has 2 aromatic rings. The second-order valence-corrected chi connectivity index (χ2v) is 6.14. The van der Waals surface area contributed by atoms with E-state index in [0.29, 0.717) is 6.61 Å². The van der Waals surface area contributed by atoms with Crippen LogP contribution in [0.25, 0.3) is 0 Å². The molecule has 1 aliphatic carbocycles. The van der Waals surface area contributed by atoms with Crippen LogP contribution in [-0.4, -0.2) is 19.3 Å². The topological polar surface area (TPSA) is 30.5 Å². The number of benzene rings is 2. The summed E-state index contributed by atoms with van der Waals surface area (Å²) in [6.07, 6.45) is 2.72. The molecule has 4 heteroatoms. The number of hydrogen-bond acceptors (Lipinski definition) is 3. The van der Waals surface area contributed by atoms with Gasteiger partial charge in [0.05, 0.1) is 24.9 Å². The first-order chi connectivity index (χ1) is 11.3. The number of halogens is 1. The lowest BCUT2D eigenvalue weighted by atomic mass is 10.1. The van der Waals surface area contributed by atoms with Crippen LogP contribution in [0.3, 0.4) is 0 Å². The van der Waals surface area contributed by atoms with Crippen LogP contribution in [0, 0.1) is 5.82 Å². The largest absolute Gasteiger partial charge is 0.486 e. The van der Waals surface area contributed by atoms with Gasteiger partial charge in [-0.2, -0.15) is 0 Å². The number of anilines is 1.